The number of anilines is 4. The summed E-state index contributed by atoms with van der Waals surface area (Å²) in [5.41, 5.74) is 7.55. The average molecular weight is 474 g/mol. The molecule has 0 unspecified atom stereocenters. The Balaban J connectivity index is 2.17. The van der Waals surface area contributed by atoms with E-state index in [1.807, 2.05) is 6.07 Å². The van der Waals surface area contributed by atoms with Crippen LogP contribution in [0.2, 0.25) is 0 Å². The molecule has 0 aliphatic heterocycles. The minimum absolute atomic E-state index is 0.0500. The van der Waals surface area contributed by atoms with Gasteiger partial charge in [0.25, 0.3) is 0 Å². The molecule has 3 rings (SSSR count). The summed E-state index contributed by atoms with van der Waals surface area (Å²) in [5.74, 6) is 1.12. The molecule has 5 heteroatoms. The summed E-state index contributed by atoms with van der Waals surface area (Å²) in [6.45, 7) is 17.2. The minimum atomic E-state index is -0.287. The van der Waals surface area contributed by atoms with Gasteiger partial charge in [-0.15, -0.1) is 0 Å². The summed E-state index contributed by atoms with van der Waals surface area (Å²) in [5, 5.41) is 19.4. The standard InChI is InChI=1S/C30H39N3O2/c1-18(2)22-12-9-13-23(19(3)4)28(22)31-26-16-11-17-27(30(26)33(34)35)32-29-24(20(5)6)14-10-15-25(29)21(7)8/h9-21,31-32H,1-8H3. The van der Waals surface area contributed by atoms with Crippen LogP contribution in [0.5, 0.6) is 0 Å². The number of nitro benzene ring substituents is 1. The molecular formula is C30H39N3O2. The van der Waals surface area contributed by atoms with Crippen LogP contribution < -0.4 is 10.6 Å². The maximum absolute atomic E-state index is 12.4. The van der Waals surface area contributed by atoms with Crippen LogP contribution in [-0.2, 0) is 0 Å². The van der Waals surface area contributed by atoms with Crippen LogP contribution >= 0.6 is 0 Å². The minimum Gasteiger partial charge on any atom is -0.349 e. The molecule has 0 atom stereocenters. The normalized spacial score (nSPS) is 11.5. The summed E-state index contributed by atoms with van der Waals surface area (Å²) >= 11 is 0. The molecule has 0 amide bonds. The van der Waals surface area contributed by atoms with E-state index in [1.54, 1.807) is 12.1 Å². The van der Waals surface area contributed by atoms with Crippen molar-refractivity contribution in [2.24, 2.45) is 0 Å². The van der Waals surface area contributed by atoms with Crippen molar-refractivity contribution in [2.75, 3.05) is 10.6 Å². The SMILES string of the molecule is CC(C)c1cccc(C(C)C)c1Nc1cccc(Nc2c(C(C)C)cccc2C(C)C)c1[N+](=O)[O-]. The molecule has 0 radical (unpaired) electrons. The van der Waals surface area contributed by atoms with E-state index < -0.39 is 0 Å². The highest BCUT2D eigenvalue weighted by Crippen LogP contribution is 2.42. The topological polar surface area (TPSA) is 67.2 Å². The molecule has 3 aromatic carbocycles. The Labute approximate surface area is 210 Å². The molecule has 0 saturated carbocycles. The number of benzene rings is 3. The van der Waals surface area contributed by atoms with Gasteiger partial charge in [-0.3, -0.25) is 10.1 Å². The van der Waals surface area contributed by atoms with Crippen LogP contribution in [-0.4, -0.2) is 4.92 Å². The van der Waals surface area contributed by atoms with E-state index in [1.165, 1.54) is 0 Å². The van der Waals surface area contributed by atoms with Gasteiger partial charge < -0.3 is 10.6 Å². The fraction of sp³-hybridized carbons (Fsp3) is 0.400. The second kappa shape index (κ2) is 10.9. The van der Waals surface area contributed by atoms with Crippen LogP contribution in [0.3, 0.4) is 0 Å². The van der Waals surface area contributed by atoms with Crippen molar-refractivity contribution in [1.29, 1.82) is 0 Å². The van der Waals surface area contributed by atoms with Gasteiger partial charge in [0.15, 0.2) is 0 Å². The number of nitro groups is 1. The first kappa shape index (κ1) is 26.3. The van der Waals surface area contributed by atoms with Gasteiger partial charge in [-0.2, -0.15) is 0 Å². The summed E-state index contributed by atoms with van der Waals surface area (Å²) < 4.78 is 0. The molecule has 5 nitrogen and oxygen atoms in total. The Bertz CT molecular complexity index is 1060. The van der Waals surface area contributed by atoms with E-state index in [4.69, 9.17) is 0 Å². The zero-order valence-corrected chi connectivity index (χ0v) is 22.3. The predicted molar refractivity (Wildman–Crippen MR) is 149 cm³/mol. The Morgan fingerprint density at radius 1 is 0.571 bits per heavy atom. The van der Waals surface area contributed by atoms with Crippen molar-refractivity contribution >= 4 is 28.4 Å². The Morgan fingerprint density at radius 3 is 1.11 bits per heavy atom. The third-order valence-corrected chi connectivity index (χ3v) is 6.48. The molecule has 2 N–H and O–H groups in total. The fourth-order valence-corrected chi connectivity index (χ4v) is 4.60. The van der Waals surface area contributed by atoms with Gasteiger partial charge in [-0.1, -0.05) is 97.9 Å². The molecule has 35 heavy (non-hydrogen) atoms. The molecule has 0 saturated heterocycles. The van der Waals surface area contributed by atoms with Gasteiger partial charge in [0.2, 0.25) is 0 Å². The largest absolute Gasteiger partial charge is 0.349 e. The van der Waals surface area contributed by atoms with Crippen molar-refractivity contribution in [3.8, 4) is 0 Å². The molecule has 0 spiro atoms. The van der Waals surface area contributed by atoms with Crippen molar-refractivity contribution < 1.29 is 4.92 Å². The molecule has 0 aliphatic carbocycles. The molecule has 0 bridgehead atoms. The van der Waals surface area contributed by atoms with Crippen molar-refractivity contribution in [3.05, 3.63) is 87.0 Å². The summed E-state index contributed by atoms with van der Waals surface area (Å²) in [4.78, 5) is 12.1. The molecule has 186 valence electrons. The predicted octanol–water partition coefficient (Wildman–Crippen LogP) is 9.58. The lowest BCUT2D eigenvalue weighted by atomic mass is 9.92. The van der Waals surface area contributed by atoms with E-state index in [9.17, 15) is 10.1 Å². The van der Waals surface area contributed by atoms with E-state index in [-0.39, 0.29) is 34.3 Å². The molecule has 0 aromatic heterocycles. The lowest BCUT2D eigenvalue weighted by Crippen LogP contribution is -2.08. The van der Waals surface area contributed by atoms with Gasteiger partial charge in [0.05, 0.1) is 4.92 Å². The highest BCUT2D eigenvalue weighted by molar-refractivity contribution is 5.85. The number of hydrogen-bond donors (Lipinski definition) is 2. The Hall–Kier alpha value is -3.34. The van der Waals surface area contributed by atoms with Gasteiger partial charge in [-0.25, -0.2) is 0 Å². The van der Waals surface area contributed by atoms with E-state index in [0.29, 0.717) is 11.4 Å². The van der Waals surface area contributed by atoms with Crippen molar-refractivity contribution in [2.45, 2.75) is 79.1 Å². The molecular weight excluding hydrogens is 434 g/mol. The average Bonchev–Trinajstić information content (AvgIpc) is 2.78. The highest BCUT2D eigenvalue weighted by atomic mass is 16.6. The maximum atomic E-state index is 12.4. The monoisotopic (exact) mass is 473 g/mol. The molecule has 0 heterocycles. The number of rotatable bonds is 9. The fourth-order valence-electron chi connectivity index (χ4n) is 4.60. The van der Waals surface area contributed by atoms with Gasteiger partial charge in [0, 0.05) is 11.4 Å². The van der Waals surface area contributed by atoms with Gasteiger partial charge >= 0.3 is 5.69 Å². The first-order valence-electron chi connectivity index (χ1n) is 12.6. The number of hydrogen-bond acceptors (Lipinski definition) is 4. The first-order valence-corrected chi connectivity index (χ1v) is 12.6. The first-order chi connectivity index (χ1) is 16.5. The quantitative estimate of drug-likeness (QED) is 0.240. The van der Waals surface area contributed by atoms with E-state index >= 15 is 0 Å². The van der Waals surface area contributed by atoms with Crippen LogP contribution in [0.1, 0.15) is 101 Å². The van der Waals surface area contributed by atoms with Crippen LogP contribution in [0.25, 0.3) is 0 Å². The third-order valence-electron chi connectivity index (χ3n) is 6.48. The van der Waals surface area contributed by atoms with Crippen LogP contribution in [0.4, 0.5) is 28.4 Å². The lowest BCUT2D eigenvalue weighted by molar-refractivity contribution is -0.383. The smallest absolute Gasteiger partial charge is 0.315 e. The number of para-hydroxylation sites is 3. The second-order valence-corrected chi connectivity index (χ2v) is 10.5. The van der Waals surface area contributed by atoms with Crippen molar-refractivity contribution in [1.82, 2.24) is 0 Å². The third kappa shape index (κ3) is 5.67. The summed E-state index contributed by atoms with van der Waals surface area (Å²) in [7, 11) is 0. The van der Waals surface area contributed by atoms with E-state index in [0.717, 1.165) is 33.6 Å². The zero-order valence-electron chi connectivity index (χ0n) is 22.3. The van der Waals surface area contributed by atoms with E-state index in [2.05, 4.69) is 102 Å². The van der Waals surface area contributed by atoms with Crippen molar-refractivity contribution in [3.63, 3.8) is 0 Å². The van der Waals surface area contributed by atoms with Crippen LogP contribution in [0.15, 0.2) is 54.6 Å². The molecule has 3 aromatic rings. The lowest BCUT2D eigenvalue weighted by Gasteiger charge is -2.23. The number of nitrogens with zero attached hydrogens (tertiary/aromatic N) is 1. The molecule has 0 aliphatic rings. The zero-order chi connectivity index (χ0) is 25.9. The Morgan fingerprint density at radius 2 is 0.857 bits per heavy atom. The second-order valence-electron chi connectivity index (χ2n) is 10.5. The van der Waals surface area contributed by atoms with Gasteiger partial charge in [0.1, 0.15) is 11.4 Å². The summed E-state index contributed by atoms with van der Waals surface area (Å²) in [6, 6.07) is 18.0. The highest BCUT2D eigenvalue weighted by Gasteiger charge is 2.24. The number of nitrogens with one attached hydrogen (secondary N) is 2. The van der Waals surface area contributed by atoms with Gasteiger partial charge in [-0.05, 0) is 58.1 Å². The Kier molecular flexibility index (Phi) is 8.21. The summed E-state index contributed by atoms with van der Waals surface area (Å²) in [6.07, 6.45) is 0. The van der Waals surface area contributed by atoms with Crippen LogP contribution in [0, 0.1) is 10.1 Å². The maximum Gasteiger partial charge on any atom is 0.315 e. The molecule has 0 fully saturated rings.